The number of carbonyl (C=O) groups excluding carboxylic acids is 1. The van der Waals surface area contributed by atoms with Crippen LogP contribution in [-0.2, 0) is 4.79 Å². The maximum Gasteiger partial charge on any atom is 0.165 e. The Labute approximate surface area is 122 Å². The highest BCUT2D eigenvalue weighted by Gasteiger charge is 2.67. The first-order valence-electron chi connectivity index (χ1n) is 7.61. The summed E-state index contributed by atoms with van der Waals surface area (Å²) in [6.45, 7) is 11.0. The van der Waals surface area contributed by atoms with Crippen molar-refractivity contribution >= 4 is 11.9 Å². The fourth-order valence-corrected chi connectivity index (χ4v) is 4.38. The lowest BCUT2D eigenvalue weighted by Crippen LogP contribution is -2.37. The van der Waals surface area contributed by atoms with Crippen molar-refractivity contribution in [3.8, 4) is 0 Å². The summed E-state index contributed by atoms with van der Waals surface area (Å²) in [6.07, 6.45) is 3.28. The van der Waals surface area contributed by atoms with Gasteiger partial charge >= 0.3 is 0 Å². The summed E-state index contributed by atoms with van der Waals surface area (Å²) in [6, 6.07) is 8.44. The molecule has 2 aliphatic carbocycles. The van der Waals surface area contributed by atoms with Gasteiger partial charge in [-0.15, -0.1) is 0 Å². The number of ketones is 1. The summed E-state index contributed by atoms with van der Waals surface area (Å²) in [5, 5.41) is 0. The normalized spacial score (nSPS) is 36.9. The van der Waals surface area contributed by atoms with E-state index < -0.39 is 0 Å². The third-order valence-corrected chi connectivity index (χ3v) is 6.29. The number of aryl methyl sites for hydroxylation is 1. The van der Waals surface area contributed by atoms with Gasteiger partial charge in [-0.05, 0) is 47.8 Å². The number of carbonyl (C=O) groups is 1. The Kier molecular flexibility index (Phi) is 2.77. The van der Waals surface area contributed by atoms with Crippen LogP contribution in [0.3, 0.4) is 0 Å². The molecule has 0 N–H and O–H groups in total. The minimum atomic E-state index is -0.186. The monoisotopic (exact) mass is 268 g/mol. The van der Waals surface area contributed by atoms with Gasteiger partial charge in [0.2, 0.25) is 0 Å². The van der Waals surface area contributed by atoms with Gasteiger partial charge in [-0.1, -0.05) is 57.5 Å². The molecule has 0 amide bonds. The second kappa shape index (κ2) is 4.07. The number of Topliss-reactive ketones (excluding diaryl/α,β-unsaturated/α-hetero) is 1. The number of hydrogen-bond donors (Lipinski definition) is 0. The van der Waals surface area contributed by atoms with Gasteiger partial charge in [0.1, 0.15) is 0 Å². The van der Waals surface area contributed by atoms with Crippen LogP contribution in [0.4, 0.5) is 0 Å². The van der Waals surface area contributed by atoms with Crippen molar-refractivity contribution in [2.75, 3.05) is 0 Å². The lowest BCUT2D eigenvalue weighted by molar-refractivity contribution is -0.127. The van der Waals surface area contributed by atoms with E-state index in [2.05, 4.69) is 65.0 Å². The summed E-state index contributed by atoms with van der Waals surface area (Å²) in [5.41, 5.74) is 3.36. The summed E-state index contributed by atoms with van der Waals surface area (Å²) in [5.74, 6) is 1.29. The van der Waals surface area contributed by atoms with E-state index in [-0.39, 0.29) is 10.8 Å². The van der Waals surface area contributed by atoms with Gasteiger partial charge in [-0.3, -0.25) is 4.79 Å². The van der Waals surface area contributed by atoms with E-state index in [1.807, 2.05) is 0 Å². The topological polar surface area (TPSA) is 17.1 Å². The van der Waals surface area contributed by atoms with Crippen LogP contribution in [0.25, 0.3) is 6.08 Å². The molecule has 2 saturated carbocycles. The largest absolute Gasteiger partial charge is 0.294 e. The first kappa shape index (κ1) is 13.6. The molecule has 0 spiro atoms. The molecule has 2 fully saturated rings. The highest BCUT2D eigenvalue weighted by molar-refractivity contribution is 6.08. The molecule has 3 unspecified atom stereocenters. The van der Waals surface area contributed by atoms with Gasteiger partial charge in [0, 0.05) is 5.41 Å². The molecule has 0 heterocycles. The molecule has 2 aliphatic rings. The van der Waals surface area contributed by atoms with Gasteiger partial charge in [0.15, 0.2) is 5.78 Å². The van der Waals surface area contributed by atoms with Crippen LogP contribution in [0.1, 0.15) is 45.2 Å². The summed E-state index contributed by atoms with van der Waals surface area (Å²) < 4.78 is 0. The van der Waals surface area contributed by atoms with Gasteiger partial charge in [-0.25, -0.2) is 0 Å². The number of rotatable bonds is 1. The first-order chi connectivity index (χ1) is 9.28. The summed E-state index contributed by atoms with van der Waals surface area (Å²) in [7, 11) is 0. The second-order valence-corrected chi connectivity index (χ2v) is 7.45. The van der Waals surface area contributed by atoms with Crippen molar-refractivity contribution in [2.24, 2.45) is 22.7 Å². The van der Waals surface area contributed by atoms with Gasteiger partial charge in [0.05, 0.1) is 0 Å². The molecule has 0 radical (unpaired) electrons. The fraction of sp³-hybridized carbons (Fsp3) is 0.526. The SMILES string of the molecule is Cc1ccc(C=C2C(=O)C3(C)C(C)CC2C3(C)C)cc1. The lowest BCUT2D eigenvalue weighted by atomic mass is 9.66. The van der Waals surface area contributed by atoms with Crippen LogP contribution in [0.5, 0.6) is 0 Å². The van der Waals surface area contributed by atoms with E-state index in [1.54, 1.807) is 0 Å². The van der Waals surface area contributed by atoms with Crippen LogP contribution < -0.4 is 0 Å². The van der Waals surface area contributed by atoms with E-state index >= 15 is 0 Å². The van der Waals surface area contributed by atoms with E-state index in [0.29, 0.717) is 17.6 Å². The van der Waals surface area contributed by atoms with E-state index in [9.17, 15) is 4.79 Å². The molecule has 0 aliphatic heterocycles. The van der Waals surface area contributed by atoms with E-state index in [4.69, 9.17) is 0 Å². The Balaban J connectivity index is 2.06. The molecule has 20 heavy (non-hydrogen) atoms. The van der Waals surface area contributed by atoms with Crippen molar-refractivity contribution in [3.05, 3.63) is 41.0 Å². The van der Waals surface area contributed by atoms with Crippen LogP contribution in [0, 0.1) is 29.6 Å². The molecule has 2 bridgehead atoms. The highest BCUT2D eigenvalue weighted by atomic mass is 16.1. The maximum absolute atomic E-state index is 12.9. The third-order valence-electron chi connectivity index (χ3n) is 6.29. The molecule has 1 nitrogen and oxygen atoms in total. The zero-order valence-electron chi connectivity index (χ0n) is 13.2. The summed E-state index contributed by atoms with van der Waals surface area (Å²) >= 11 is 0. The van der Waals surface area contributed by atoms with Crippen molar-refractivity contribution in [1.82, 2.24) is 0 Å². The Bertz CT molecular complexity index is 591. The van der Waals surface area contributed by atoms with Gasteiger partial charge in [0.25, 0.3) is 0 Å². The van der Waals surface area contributed by atoms with Crippen molar-refractivity contribution < 1.29 is 4.79 Å². The second-order valence-electron chi connectivity index (χ2n) is 7.45. The van der Waals surface area contributed by atoms with Gasteiger partial charge in [-0.2, -0.15) is 0 Å². The number of benzene rings is 1. The predicted molar refractivity (Wildman–Crippen MR) is 83.3 cm³/mol. The molecular formula is C19H24O. The Hall–Kier alpha value is -1.37. The third kappa shape index (κ3) is 1.52. The maximum atomic E-state index is 12.9. The number of allylic oxidation sites excluding steroid dienone is 1. The Morgan fingerprint density at radius 2 is 1.75 bits per heavy atom. The molecule has 0 saturated heterocycles. The van der Waals surface area contributed by atoms with Crippen LogP contribution in [0.2, 0.25) is 0 Å². The van der Waals surface area contributed by atoms with Crippen LogP contribution in [-0.4, -0.2) is 5.78 Å². The summed E-state index contributed by atoms with van der Waals surface area (Å²) in [4.78, 5) is 12.9. The molecule has 1 aromatic rings. The zero-order valence-corrected chi connectivity index (χ0v) is 13.2. The van der Waals surface area contributed by atoms with Gasteiger partial charge < -0.3 is 0 Å². The quantitative estimate of drug-likeness (QED) is 0.678. The van der Waals surface area contributed by atoms with Crippen LogP contribution >= 0.6 is 0 Å². The smallest absolute Gasteiger partial charge is 0.165 e. The molecule has 1 aromatic carbocycles. The lowest BCUT2D eigenvalue weighted by Gasteiger charge is -2.35. The Morgan fingerprint density at radius 1 is 1.15 bits per heavy atom. The fourth-order valence-electron chi connectivity index (χ4n) is 4.38. The van der Waals surface area contributed by atoms with Crippen molar-refractivity contribution in [2.45, 2.75) is 41.0 Å². The van der Waals surface area contributed by atoms with E-state index in [1.165, 1.54) is 5.56 Å². The molecule has 3 rings (SSSR count). The molecule has 0 aromatic heterocycles. The van der Waals surface area contributed by atoms with Crippen LogP contribution in [0.15, 0.2) is 29.8 Å². The average molecular weight is 268 g/mol. The number of fused-ring (bicyclic) bond motifs is 2. The van der Waals surface area contributed by atoms with Crippen molar-refractivity contribution in [3.63, 3.8) is 0 Å². The molecule has 106 valence electrons. The van der Waals surface area contributed by atoms with E-state index in [0.717, 1.165) is 17.6 Å². The molecular weight excluding hydrogens is 244 g/mol. The molecule has 1 heteroatoms. The minimum absolute atomic E-state index is 0.0834. The zero-order chi connectivity index (χ0) is 14.7. The highest BCUT2D eigenvalue weighted by Crippen LogP contribution is 2.68. The minimum Gasteiger partial charge on any atom is -0.294 e. The number of hydrogen-bond acceptors (Lipinski definition) is 1. The Morgan fingerprint density at radius 3 is 2.25 bits per heavy atom. The predicted octanol–water partition coefficient (Wildman–Crippen LogP) is 4.65. The molecule has 3 atom stereocenters. The first-order valence-corrected chi connectivity index (χ1v) is 7.61. The van der Waals surface area contributed by atoms with Crippen molar-refractivity contribution in [1.29, 1.82) is 0 Å². The standard InChI is InChI=1S/C19H24O/c1-12-6-8-14(9-7-12)11-15-16-10-13(2)19(5,17(15)20)18(16,3)4/h6-9,11,13,16H,10H2,1-5H3. The average Bonchev–Trinajstić information content (AvgIpc) is 2.65.